The lowest BCUT2D eigenvalue weighted by Crippen LogP contribution is -2.31. The minimum absolute atomic E-state index is 0.0144. The van der Waals surface area contributed by atoms with Crippen LogP contribution in [0.4, 0.5) is 5.69 Å². The van der Waals surface area contributed by atoms with E-state index in [1.54, 1.807) is 4.90 Å². The third-order valence-corrected chi connectivity index (χ3v) is 5.20. The zero-order valence-electron chi connectivity index (χ0n) is 12.9. The van der Waals surface area contributed by atoms with Crippen molar-refractivity contribution in [1.82, 2.24) is 4.90 Å². The average Bonchev–Trinajstić information content (AvgIpc) is 3.26. The summed E-state index contributed by atoms with van der Waals surface area (Å²) >= 11 is 6.02. The number of carboxylic acids is 1. The molecule has 2 aliphatic rings. The molecule has 2 atom stereocenters. The average molecular weight is 353 g/mol. The maximum absolute atomic E-state index is 12.5. The Hall–Kier alpha value is -2.15. The Morgan fingerprint density at radius 3 is 2.58 bits per heavy atom. The number of halogens is 1. The molecule has 0 aromatic heterocycles. The van der Waals surface area contributed by atoms with Crippen LogP contribution in [0.2, 0.25) is 5.02 Å². The Balaban J connectivity index is 1.69. The van der Waals surface area contributed by atoms with E-state index < -0.39 is 16.8 Å². The molecule has 1 aromatic rings. The first-order valence-corrected chi connectivity index (χ1v) is 8.18. The molecule has 1 aliphatic carbocycles. The smallest absolute Gasteiger partial charge is 0.308 e. The highest BCUT2D eigenvalue weighted by molar-refractivity contribution is 6.31. The van der Waals surface area contributed by atoms with Crippen molar-refractivity contribution in [3.63, 3.8) is 0 Å². The molecule has 8 heteroatoms. The highest BCUT2D eigenvalue weighted by atomic mass is 35.5. The Labute approximate surface area is 143 Å². The summed E-state index contributed by atoms with van der Waals surface area (Å²) < 4.78 is 0. The molecule has 1 aromatic carbocycles. The van der Waals surface area contributed by atoms with E-state index in [2.05, 4.69) is 0 Å². The number of aliphatic carboxylic acids is 1. The molecule has 7 nitrogen and oxygen atoms in total. The first-order valence-electron chi connectivity index (χ1n) is 7.80. The van der Waals surface area contributed by atoms with Crippen LogP contribution in [0, 0.1) is 27.9 Å². The minimum atomic E-state index is -0.851. The van der Waals surface area contributed by atoms with E-state index in [-0.39, 0.29) is 35.5 Å². The standard InChI is InChI=1S/C16H17ClN2O5/c17-14-6-11(19(23)24)4-3-10(14)5-15(20)18-7-12(9-1-2-9)13(8-18)16(21)22/h3-4,6,9,12-13H,1-2,5,7-8H2,(H,21,22)/t12-,13+/m1/s1. The van der Waals surface area contributed by atoms with Gasteiger partial charge in [-0.2, -0.15) is 0 Å². The van der Waals surface area contributed by atoms with Gasteiger partial charge in [0.25, 0.3) is 5.69 Å². The van der Waals surface area contributed by atoms with Crippen molar-refractivity contribution < 1.29 is 19.6 Å². The molecule has 0 unspecified atom stereocenters. The van der Waals surface area contributed by atoms with Crippen molar-refractivity contribution in [1.29, 1.82) is 0 Å². The van der Waals surface area contributed by atoms with Crippen LogP contribution >= 0.6 is 11.6 Å². The summed E-state index contributed by atoms with van der Waals surface area (Å²) in [5.74, 6) is -1.12. The lowest BCUT2D eigenvalue weighted by Gasteiger charge is -2.16. The Morgan fingerprint density at radius 1 is 1.33 bits per heavy atom. The van der Waals surface area contributed by atoms with Gasteiger partial charge in [0.15, 0.2) is 0 Å². The summed E-state index contributed by atoms with van der Waals surface area (Å²) in [6.07, 6.45) is 2.08. The van der Waals surface area contributed by atoms with Gasteiger partial charge < -0.3 is 10.0 Å². The number of carbonyl (C=O) groups excluding carboxylic acids is 1. The molecule has 0 radical (unpaired) electrons. The second kappa shape index (κ2) is 6.39. The van der Waals surface area contributed by atoms with Gasteiger partial charge in [0, 0.05) is 25.2 Å². The molecule has 1 heterocycles. The van der Waals surface area contributed by atoms with Gasteiger partial charge >= 0.3 is 5.97 Å². The van der Waals surface area contributed by atoms with E-state index in [0.717, 1.165) is 12.8 Å². The lowest BCUT2D eigenvalue weighted by molar-refractivity contribution is -0.384. The van der Waals surface area contributed by atoms with Crippen LogP contribution in [0.25, 0.3) is 0 Å². The van der Waals surface area contributed by atoms with Crippen LogP contribution in [0.1, 0.15) is 18.4 Å². The summed E-state index contributed by atoms with van der Waals surface area (Å²) in [6.45, 7) is 0.686. The second-order valence-electron chi connectivity index (χ2n) is 6.45. The maximum Gasteiger partial charge on any atom is 0.308 e. The first-order chi connectivity index (χ1) is 11.4. The van der Waals surface area contributed by atoms with Gasteiger partial charge in [-0.1, -0.05) is 17.7 Å². The Bertz CT molecular complexity index is 704. The van der Waals surface area contributed by atoms with E-state index >= 15 is 0 Å². The molecule has 1 N–H and O–H groups in total. The topological polar surface area (TPSA) is 101 Å². The molecule has 0 bridgehead atoms. The van der Waals surface area contributed by atoms with Crippen molar-refractivity contribution in [3.05, 3.63) is 38.9 Å². The molecular weight excluding hydrogens is 336 g/mol. The minimum Gasteiger partial charge on any atom is -0.481 e. The Morgan fingerprint density at radius 2 is 2.04 bits per heavy atom. The zero-order valence-corrected chi connectivity index (χ0v) is 13.6. The van der Waals surface area contributed by atoms with Gasteiger partial charge in [-0.15, -0.1) is 0 Å². The van der Waals surface area contributed by atoms with Crippen molar-refractivity contribution >= 4 is 29.2 Å². The van der Waals surface area contributed by atoms with Gasteiger partial charge in [0.1, 0.15) is 0 Å². The number of nitro groups is 1. The second-order valence-corrected chi connectivity index (χ2v) is 6.86. The summed E-state index contributed by atoms with van der Waals surface area (Å²) in [7, 11) is 0. The van der Waals surface area contributed by atoms with Gasteiger partial charge in [-0.05, 0) is 30.2 Å². The quantitative estimate of drug-likeness (QED) is 0.647. The number of likely N-dealkylation sites (tertiary alicyclic amines) is 1. The van der Waals surface area contributed by atoms with Crippen molar-refractivity contribution in [2.24, 2.45) is 17.8 Å². The van der Waals surface area contributed by atoms with E-state index in [1.807, 2.05) is 0 Å². The maximum atomic E-state index is 12.5. The predicted octanol–water partition coefficient (Wildman–Crippen LogP) is 2.36. The number of non-ortho nitro benzene ring substituents is 1. The number of nitrogens with zero attached hydrogens (tertiary/aromatic N) is 2. The molecule has 1 aliphatic heterocycles. The number of carbonyl (C=O) groups is 2. The number of rotatable bonds is 5. The highest BCUT2D eigenvalue weighted by Gasteiger charge is 2.46. The molecule has 1 saturated carbocycles. The zero-order chi connectivity index (χ0) is 17.4. The van der Waals surface area contributed by atoms with E-state index in [0.29, 0.717) is 18.0 Å². The van der Waals surface area contributed by atoms with E-state index in [1.165, 1.54) is 18.2 Å². The van der Waals surface area contributed by atoms with Crippen molar-refractivity contribution in [2.75, 3.05) is 13.1 Å². The van der Waals surface area contributed by atoms with E-state index in [4.69, 9.17) is 11.6 Å². The molecular formula is C16H17ClN2O5. The van der Waals surface area contributed by atoms with Crippen LogP contribution in [-0.4, -0.2) is 39.9 Å². The van der Waals surface area contributed by atoms with Crippen LogP contribution < -0.4 is 0 Å². The van der Waals surface area contributed by atoms with Crippen molar-refractivity contribution in [3.8, 4) is 0 Å². The largest absolute Gasteiger partial charge is 0.481 e. The normalized spacial score (nSPS) is 23.3. The Kier molecular flexibility index (Phi) is 4.45. The number of hydrogen-bond donors (Lipinski definition) is 1. The predicted molar refractivity (Wildman–Crippen MR) is 85.7 cm³/mol. The molecule has 3 rings (SSSR count). The molecule has 128 valence electrons. The first kappa shape index (κ1) is 16.7. The van der Waals surface area contributed by atoms with Gasteiger partial charge in [-0.25, -0.2) is 0 Å². The van der Waals surface area contributed by atoms with Gasteiger partial charge in [-0.3, -0.25) is 19.7 Å². The van der Waals surface area contributed by atoms with Crippen LogP contribution in [0.3, 0.4) is 0 Å². The summed E-state index contributed by atoms with van der Waals surface area (Å²) in [5, 5.41) is 20.2. The summed E-state index contributed by atoms with van der Waals surface area (Å²) in [4.78, 5) is 35.6. The fraction of sp³-hybridized carbons (Fsp3) is 0.500. The molecule has 0 spiro atoms. The summed E-state index contributed by atoms with van der Waals surface area (Å²) in [5.41, 5.74) is 0.381. The highest BCUT2D eigenvalue weighted by Crippen LogP contribution is 2.44. The third kappa shape index (κ3) is 3.36. The van der Waals surface area contributed by atoms with Gasteiger partial charge in [0.05, 0.1) is 22.3 Å². The molecule has 1 amide bonds. The van der Waals surface area contributed by atoms with E-state index in [9.17, 15) is 24.8 Å². The monoisotopic (exact) mass is 352 g/mol. The molecule has 24 heavy (non-hydrogen) atoms. The number of nitro benzene ring substituents is 1. The third-order valence-electron chi connectivity index (χ3n) is 4.85. The number of carboxylic acid groups (broad SMARTS) is 1. The van der Waals surface area contributed by atoms with Crippen LogP contribution in [-0.2, 0) is 16.0 Å². The number of amides is 1. The fourth-order valence-corrected chi connectivity index (χ4v) is 3.61. The molecule has 1 saturated heterocycles. The number of benzene rings is 1. The van der Waals surface area contributed by atoms with Gasteiger partial charge in [0.2, 0.25) is 5.91 Å². The lowest BCUT2D eigenvalue weighted by atomic mass is 9.92. The van der Waals surface area contributed by atoms with Crippen LogP contribution in [0.5, 0.6) is 0 Å². The fourth-order valence-electron chi connectivity index (χ4n) is 3.36. The SMILES string of the molecule is O=C(O)[C@H]1CN(C(=O)Cc2ccc([N+](=O)[O-])cc2Cl)C[C@@H]1C1CC1. The number of hydrogen-bond acceptors (Lipinski definition) is 4. The summed E-state index contributed by atoms with van der Waals surface area (Å²) in [6, 6.07) is 4.01. The van der Waals surface area contributed by atoms with Crippen LogP contribution in [0.15, 0.2) is 18.2 Å². The van der Waals surface area contributed by atoms with Crippen molar-refractivity contribution in [2.45, 2.75) is 19.3 Å². The molecule has 2 fully saturated rings.